The van der Waals surface area contributed by atoms with Crippen molar-refractivity contribution < 1.29 is 9.90 Å². The zero-order valence-electron chi connectivity index (χ0n) is 13.2. The van der Waals surface area contributed by atoms with Crippen LogP contribution in [0.5, 0.6) is 0 Å². The predicted molar refractivity (Wildman–Crippen MR) is 81.7 cm³/mol. The average Bonchev–Trinajstić information content (AvgIpc) is 2.94. The molecule has 1 aromatic heterocycles. The second-order valence-corrected chi connectivity index (χ2v) is 6.13. The highest BCUT2D eigenvalue weighted by Crippen LogP contribution is 2.18. The van der Waals surface area contributed by atoms with Gasteiger partial charge in [-0.25, -0.2) is 4.68 Å². The van der Waals surface area contributed by atoms with E-state index in [2.05, 4.69) is 34.1 Å². The Bertz CT molecular complexity index is 510. The van der Waals surface area contributed by atoms with Crippen molar-refractivity contribution in [2.75, 3.05) is 38.1 Å². The van der Waals surface area contributed by atoms with Crippen LogP contribution in [0.25, 0.3) is 0 Å². The molecule has 0 spiro atoms. The fourth-order valence-electron chi connectivity index (χ4n) is 3.37. The summed E-state index contributed by atoms with van der Waals surface area (Å²) < 4.78 is 1.77. The van der Waals surface area contributed by atoms with E-state index < -0.39 is 0 Å². The van der Waals surface area contributed by atoms with E-state index in [9.17, 15) is 4.79 Å². The molecule has 0 unspecified atom stereocenters. The first-order chi connectivity index (χ1) is 10.6. The van der Waals surface area contributed by atoms with Gasteiger partial charge in [0.25, 0.3) is 5.91 Å². The van der Waals surface area contributed by atoms with Crippen LogP contribution in [-0.4, -0.2) is 80.4 Å². The van der Waals surface area contributed by atoms with E-state index in [0.29, 0.717) is 25.6 Å². The lowest BCUT2D eigenvalue weighted by Gasteiger charge is -2.43. The smallest absolute Gasteiger partial charge is 0.293 e. The molecule has 2 N–H and O–H groups in total. The monoisotopic (exact) mass is 308 g/mol. The first-order valence-corrected chi connectivity index (χ1v) is 7.94. The summed E-state index contributed by atoms with van der Waals surface area (Å²) in [6, 6.07) is 0.436. The SMILES string of the molecule is C[C@@H]1CN(C(=O)c2nc3n(n2)CCCN3)C[C@H](C)N1CCO. The minimum atomic E-state index is -0.106. The average molecular weight is 308 g/mol. The molecule has 2 atom stereocenters. The third kappa shape index (κ3) is 2.80. The van der Waals surface area contributed by atoms with Gasteiger partial charge in [0.05, 0.1) is 6.61 Å². The lowest BCUT2D eigenvalue weighted by atomic mass is 10.1. The van der Waals surface area contributed by atoms with E-state index in [0.717, 1.165) is 19.5 Å². The molecule has 0 bridgehead atoms. The summed E-state index contributed by atoms with van der Waals surface area (Å²) in [4.78, 5) is 21.0. The Hall–Kier alpha value is -1.67. The minimum Gasteiger partial charge on any atom is -0.395 e. The molecule has 0 saturated carbocycles. The van der Waals surface area contributed by atoms with Gasteiger partial charge >= 0.3 is 0 Å². The van der Waals surface area contributed by atoms with Crippen LogP contribution in [0.15, 0.2) is 0 Å². The lowest BCUT2D eigenvalue weighted by molar-refractivity contribution is 0.0229. The zero-order valence-corrected chi connectivity index (χ0v) is 13.2. The van der Waals surface area contributed by atoms with Gasteiger partial charge in [-0.05, 0) is 20.3 Å². The molecule has 1 amide bonds. The van der Waals surface area contributed by atoms with Crippen LogP contribution in [0.3, 0.4) is 0 Å². The predicted octanol–water partition coefficient (Wildman–Crippen LogP) is -0.379. The third-order valence-corrected chi connectivity index (χ3v) is 4.44. The molecular formula is C14H24N6O2. The Morgan fingerprint density at radius 1 is 1.36 bits per heavy atom. The molecule has 122 valence electrons. The number of hydrogen-bond donors (Lipinski definition) is 2. The maximum atomic E-state index is 12.7. The summed E-state index contributed by atoms with van der Waals surface area (Å²) in [5.74, 6) is 0.861. The maximum Gasteiger partial charge on any atom is 0.293 e. The molecule has 2 aliphatic rings. The van der Waals surface area contributed by atoms with Crippen LogP contribution in [0.4, 0.5) is 5.95 Å². The van der Waals surface area contributed by atoms with Gasteiger partial charge in [-0.1, -0.05) is 0 Å². The van der Waals surface area contributed by atoms with E-state index >= 15 is 0 Å². The highest BCUT2D eigenvalue weighted by Gasteiger charge is 2.33. The van der Waals surface area contributed by atoms with Gasteiger partial charge in [-0.15, -0.1) is 5.10 Å². The number of β-amino-alcohol motifs (C(OH)–C–C–N with tert-alkyl or cyclic N) is 1. The Labute approximate surface area is 130 Å². The molecule has 22 heavy (non-hydrogen) atoms. The van der Waals surface area contributed by atoms with Crippen LogP contribution >= 0.6 is 0 Å². The summed E-state index contributed by atoms with van der Waals surface area (Å²) in [5, 5.41) is 16.6. The van der Waals surface area contributed by atoms with Gasteiger partial charge < -0.3 is 15.3 Å². The van der Waals surface area contributed by atoms with Gasteiger partial charge in [0.15, 0.2) is 0 Å². The summed E-state index contributed by atoms with van der Waals surface area (Å²) in [6.07, 6.45) is 0.998. The molecule has 3 rings (SSSR count). The van der Waals surface area contributed by atoms with Crippen molar-refractivity contribution in [3.05, 3.63) is 5.82 Å². The van der Waals surface area contributed by atoms with Crippen LogP contribution in [0, 0.1) is 0 Å². The molecule has 8 nitrogen and oxygen atoms in total. The molecule has 1 saturated heterocycles. The Balaban J connectivity index is 1.71. The van der Waals surface area contributed by atoms with Crippen molar-refractivity contribution in [3.63, 3.8) is 0 Å². The Kier molecular flexibility index (Phi) is 4.30. The third-order valence-electron chi connectivity index (χ3n) is 4.44. The van der Waals surface area contributed by atoms with Gasteiger partial charge in [-0.3, -0.25) is 9.69 Å². The standard InChI is InChI=1S/C14H24N6O2/c1-10-8-18(9-11(2)19(10)6-7-21)13(22)12-16-14-15-4-3-5-20(14)17-12/h10-11,21H,3-9H2,1-2H3,(H,15,16,17)/t10-,11+. The van der Waals surface area contributed by atoms with Crippen LogP contribution in [-0.2, 0) is 6.54 Å². The second-order valence-electron chi connectivity index (χ2n) is 6.13. The maximum absolute atomic E-state index is 12.7. The van der Waals surface area contributed by atoms with Crippen molar-refractivity contribution in [2.45, 2.75) is 38.9 Å². The quantitative estimate of drug-likeness (QED) is 0.792. The van der Waals surface area contributed by atoms with Crippen LogP contribution < -0.4 is 5.32 Å². The van der Waals surface area contributed by atoms with Gasteiger partial charge in [-0.2, -0.15) is 4.98 Å². The highest BCUT2D eigenvalue weighted by atomic mass is 16.3. The molecule has 1 aromatic rings. The number of aryl methyl sites for hydroxylation is 1. The van der Waals surface area contributed by atoms with Crippen LogP contribution in [0.1, 0.15) is 30.9 Å². The fraction of sp³-hybridized carbons (Fsp3) is 0.786. The summed E-state index contributed by atoms with van der Waals surface area (Å²) in [7, 11) is 0. The van der Waals surface area contributed by atoms with Gasteiger partial charge in [0, 0.05) is 44.8 Å². The molecule has 0 aromatic carbocycles. The number of aromatic nitrogens is 3. The Morgan fingerprint density at radius 3 is 2.73 bits per heavy atom. The summed E-state index contributed by atoms with van der Waals surface area (Å²) in [6.45, 7) is 7.91. The topological polar surface area (TPSA) is 86.5 Å². The minimum absolute atomic E-state index is 0.106. The molecule has 0 aliphatic carbocycles. The van der Waals surface area contributed by atoms with Gasteiger partial charge in [0.2, 0.25) is 11.8 Å². The molecule has 1 fully saturated rings. The zero-order chi connectivity index (χ0) is 15.7. The number of nitrogens with one attached hydrogen (secondary N) is 1. The van der Waals surface area contributed by atoms with E-state index in [1.165, 1.54) is 0 Å². The number of piperazine rings is 1. The molecule has 0 radical (unpaired) electrons. The van der Waals surface area contributed by atoms with Crippen LogP contribution in [0.2, 0.25) is 0 Å². The largest absolute Gasteiger partial charge is 0.395 e. The van der Waals surface area contributed by atoms with E-state index in [4.69, 9.17) is 5.11 Å². The Morgan fingerprint density at radius 2 is 2.09 bits per heavy atom. The number of rotatable bonds is 3. The van der Waals surface area contributed by atoms with Crippen molar-refractivity contribution in [1.29, 1.82) is 0 Å². The lowest BCUT2D eigenvalue weighted by Crippen LogP contribution is -2.58. The number of hydrogen-bond acceptors (Lipinski definition) is 6. The van der Waals surface area contributed by atoms with E-state index in [-0.39, 0.29) is 30.4 Å². The van der Waals surface area contributed by atoms with Crippen molar-refractivity contribution in [1.82, 2.24) is 24.6 Å². The number of amides is 1. The summed E-state index contributed by atoms with van der Waals surface area (Å²) >= 11 is 0. The number of nitrogens with zero attached hydrogens (tertiary/aromatic N) is 5. The number of fused-ring (bicyclic) bond motifs is 1. The fourth-order valence-corrected chi connectivity index (χ4v) is 3.37. The number of carbonyl (C=O) groups excluding carboxylic acids is 1. The highest BCUT2D eigenvalue weighted by molar-refractivity contribution is 5.91. The number of aliphatic hydroxyl groups is 1. The first kappa shape index (κ1) is 15.2. The van der Waals surface area contributed by atoms with Crippen molar-refractivity contribution >= 4 is 11.9 Å². The molecule has 3 heterocycles. The van der Waals surface area contributed by atoms with Crippen molar-refractivity contribution in [3.8, 4) is 0 Å². The molecule has 2 aliphatic heterocycles. The van der Waals surface area contributed by atoms with Gasteiger partial charge in [0.1, 0.15) is 0 Å². The second kappa shape index (κ2) is 6.21. The first-order valence-electron chi connectivity index (χ1n) is 7.94. The van der Waals surface area contributed by atoms with E-state index in [1.54, 1.807) is 4.68 Å². The number of anilines is 1. The summed E-state index contributed by atoms with van der Waals surface area (Å²) in [5.41, 5.74) is 0. The van der Waals surface area contributed by atoms with Crippen molar-refractivity contribution in [2.24, 2.45) is 0 Å². The van der Waals surface area contributed by atoms with E-state index in [1.807, 2.05) is 4.90 Å². The normalized spacial score (nSPS) is 25.7. The molecule has 8 heteroatoms. The molecular weight excluding hydrogens is 284 g/mol. The number of aliphatic hydroxyl groups excluding tert-OH is 1. The number of carbonyl (C=O) groups is 1.